The molecular formula is C73H53N5. The van der Waals surface area contributed by atoms with Gasteiger partial charge in [0.05, 0.1) is 22.1 Å². The lowest BCUT2D eigenvalue weighted by Gasteiger charge is -2.16. The first-order valence-corrected chi connectivity index (χ1v) is 26.7. The van der Waals surface area contributed by atoms with E-state index in [1.165, 1.54) is 88.3 Å². The summed E-state index contributed by atoms with van der Waals surface area (Å²) in [6.45, 7) is 8.78. The van der Waals surface area contributed by atoms with Crippen LogP contribution in [0.15, 0.2) is 249 Å². The molecule has 0 aliphatic rings. The standard InChI is InChI=1S/C73H53N5/c1-46-19-11-15-27-59(46)52-31-35-67-63(41-52)64-42-53(60-28-16-12-20-47(60)2)32-36-68(64)77(67)57-39-56(73-75-71(50-23-7-5-8-24-50)74-72(76-73)51-25-9-6-10-26-51)40-58(45-57)78-69-37-33-54(61-29-17-13-21-48(61)3)43-65(69)66-44-55(34-38-70(66)78)62-30-18-14-22-49(62)4/h5-45H,1-4H3. The topological polar surface area (TPSA) is 48.5 Å². The van der Waals surface area contributed by atoms with E-state index >= 15 is 0 Å². The smallest absolute Gasteiger partial charge is 0.164 e. The molecule has 0 N–H and O–H groups in total. The molecule has 11 aromatic carbocycles. The molecule has 14 aromatic rings. The van der Waals surface area contributed by atoms with Crippen molar-refractivity contribution in [2.75, 3.05) is 0 Å². The molecule has 0 unspecified atom stereocenters. The summed E-state index contributed by atoms with van der Waals surface area (Å²) in [5.41, 5.74) is 23.7. The molecule has 0 fully saturated rings. The van der Waals surface area contributed by atoms with Gasteiger partial charge in [-0.3, -0.25) is 0 Å². The number of nitrogens with zero attached hydrogens (tertiary/aromatic N) is 5. The highest BCUT2D eigenvalue weighted by Crippen LogP contribution is 2.43. The van der Waals surface area contributed by atoms with Crippen molar-refractivity contribution in [3.05, 3.63) is 271 Å². The number of aromatic nitrogens is 5. The van der Waals surface area contributed by atoms with Gasteiger partial charge in [0.25, 0.3) is 0 Å². The third-order valence-electron chi connectivity index (χ3n) is 15.7. The van der Waals surface area contributed by atoms with Crippen LogP contribution in [0.4, 0.5) is 0 Å². The van der Waals surface area contributed by atoms with Gasteiger partial charge in [0, 0.05) is 49.6 Å². The maximum Gasteiger partial charge on any atom is 0.164 e. The van der Waals surface area contributed by atoms with Crippen molar-refractivity contribution < 1.29 is 0 Å². The molecule has 0 atom stereocenters. The van der Waals surface area contributed by atoms with Gasteiger partial charge in [-0.2, -0.15) is 0 Å². The molecule has 370 valence electrons. The molecular weight excluding hydrogens is 947 g/mol. The van der Waals surface area contributed by atoms with Crippen LogP contribution in [0, 0.1) is 27.7 Å². The number of benzene rings is 11. The van der Waals surface area contributed by atoms with Gasteiger partial charge in [-0.05, 0) is 161 Å². The molecule has 78 heavy (non-hydrogen) atoms. The summed E-state index contributed by atoms with van der Waals surface area (Å²) in [6, 6.07) is 90.0. The van der Waals surface area contributed by atoms with Crippen LogP contribution in [0.25, 0.3) is 134 Å². The molecule has 0 saturated carbocycles. The Kier molecular flexibility index (Phi) is 11.3. The summed E-state index contributed by atoms with van der Waals surface area (Å²) >= 11 is 0. The Hall–Kier alpha value is -9.97. The fourth-order valence-electron chi connectivity index (χ4n) is 11.8. The van der Waals surface area contributed by atoms with E-state index in [-0.39, 0.29) is 0 Å². The average molecular weight is 1000 g/mol. The first kappa shape index (κ1) is 46.6. The van der Waals surface area contributed by atoms with Crippen LogP contribution in [0.1, 0.15) is 22.3 Å². The van der Waals surface area contributed by atoms with Crippen molar-refractivity contribution in [2.24, 2.45) is 0 Å². The predicted octanol–water partition coefficient (Wildman–Crippen LogP) is 19.0. The highest BCUT2D eigenvalue weighted by Gasteiger charge is 2.22. The molecule has 3 aromatic heterocycles. The fourth-order valence-corrected chi connectivity index (χ4v) is 11.8. The van der Waals surface area contributed by atoms with Crippen LogP contribution in [0.5, 0.6) is 0 Å². The number of hydrogen-bond acceptors (Lipinski definition) is 3. The number of aryl methyl sites for hydroxylation is 4. The Morgan fingerprint density at radius 2 is 0.500 bits per heavy atom. The Bertz CT molecular complexity index is 4160. The summed E-state index contributed by atoms with van der Waals surface area (Å²) < 4.78 is 4.89. The van der Waals surface area contributed by atoms with E-state index < -0.39 is 0 Å². The molecule has 5 heteroatoms. The van der Waals surface area contributed by atoms with Crippen LogP contribution in [-0.2, 0) is 0 Å². The summed E-state index contributed by atoms with van der Waals surface area (Å²) in [7, 11) is 0. The Balaban J connectivity index is 1.08. The molecule has 0 spiro atoms. The van der Waals surface area contributed by atoms with Crippen LogP contribution < -0.4 is 0 Å². The molecule has 0 aliphatic heterocycles. The van der Waals surface area contributed by atoms with Crippen molar-refractivity contribution >= 4 is 43.6 Å². The minimum absolute atomic E-state index is 0.583. The molecule has 0 amide bonds. The van der Waals surface area contributed by atoms with E-state index in [1.54, 1.807) is 0 Å². The molecule has 5 nitrogen and oxygen atoms in total. The van der Waals surface area contributed by atoms with E-state index in [0.717, 1.165) is 50.1 Å². The SMILES string of the molecule is Cc1ccccc1-c1ccc2c(c1)c1cc(-c3ccccc3C)ccc1n2-c1cc(-c2nc(-c3ccccc3)nc(-c3ccccc3)n2)cc(-n2c3ccc(-c4ccccc4C)cc3c3cc(-c4ccccc4C)ccc32)c1. The summed E-state index contributed by atoms with van der Waals surface area (Å²) in [5, 5.41) is 4.71. The van der Waals surface area contributed by atoms with Gasteiger partial charge in [-0.1, -0.05) is 182 Å². The van der Waals surface area contributed by atoms with Gasteiger partial charge in [0.15, 0.2) is 17.5 Å². The normalized spacial score (nSPS) is 11.6. The van der Waals surface area contributed by atoms with Gasteiger partial charge in [-0.15, -0.1) is 0 Å². The van der Waals surface area contributed by atoms with Crippen LogP contribution in [0.3, 0.4) is 0 Å². The predicted molar refractivity (Wildman–Crippen MR) is 326 cm³/mol. The van der Waals surface area contributed by atoms with E-state index in [4.69, 9.17) is 15.0 Å². The third-order valence-corrected chi connectivity index (χ3v) is 15.7. The largest absolute Gasteiger partial charge is 0.309 e. The Labute approximate surface area is 454 Å². The number of rotatable bonds is 9. The summed E-state index contributed by atoms with van der Waals surface area (Å²) in [4.78, 5) is 15.9. The lowest BCUT2D eigenvalue weighted by atomic mass is 9.97. The molecule has 0 bridgehead atoms. The van der Waals surface area contributed by atoms with Crippen LogP contribution in [-0.4, -0.2) is 24.1 Å². The lowest BCUT2D eigenvalue weighted by molar-refractivity contribution is 1.07. The van der Waals surface area contributed by atoms with Crippen LogP contribution in [0.2, 0.25) is 0 Å². The third kappa shape index (κ3) is 8.07. The van der Waals surface area contributed by atoms with Crippen LogP contribution >= 0.6 is 0 Å². The first-order valence-electron chi connectivity index (χ1n) is 26.7. The van der Waals surface area contributed by atoms with Gasteiger partial charge in [-0.25, -0.2) is 15.0 Å². The number of hydrogen-bond donors (Lipinski definition) is 0. The van der Waals surface area contributed by atoms with E-state index in [0.29, 0.717) is 17.5 Å². The lowest BCUT2D eigenvalue weighted by Crippen LogP contribution is -2.03. The molecule has 0 saturated heterocycles. The fraction of sp³-hybridized carbons (Fsp3) is 0.0548. The maximum atomic E-state index is 5.37. The van der Waals surface area contributed by atoms with E-state index in [9.17, 15) is 0 Å². The zero-order valence-corrected chi connectivity index (χ0v) is 43.9. The summed E-state index contributed by atoms with van der Waals surface area (Å²) in [6.07, 6.45) is 0. The zero-order chi connectivity index (χ0) is 52.4. The Morgan fingerprint density at radius 3 is 0.795 bits per heavy atom. The second kappa shape index (κ2) is 19.0. The van der Waals surface area contributed by atoms with E-state index in [1.807, 2.05) is 36.4 Å². The maximum absolute atomic E-state index is 5.37. The average Bonchev–Trinajstić information content (AvgIpc) is 4.13. The van der Waals surface area contributed by atoms with Gasteiger partial charge in [0.1, 0.15) is 0 Å². The van der Waals surface area contributed by atoms with E-state index in [2.05, 4.69) is 249 Å². The minimum atomic E-state index is 0.583. The first-order chi connectivity index (χ1) is 38.3. The highest BCUT2D eigenvalue weighted by atomic mass is 15.0. The molecule has 0 radical (unpaired) electrons. The van der Waals surface area contributed by atoms with Crippen molar-refractivity contribution in [1.29, 1.82) is 0 Å². The summed E-state index contributed by atoms with van der Waals surface area (Å²) in [5.74, 6) is 1.81. The highest BCUT2D eigenvalue weighted by molar-refractivity contribution is 6.13. The second-order valence-corrected chi connectivity index (χ2v) is 20.6. The monoisotopic (exact) mass is 999 g/mol. The quantitative estimate of drug-likeness (QED) is 0.145. The van der Waals surface area contributed by atoms with Crippen molar-refractivity contribution in [3.63, 3.8) is 0 Å². The zero-order valence-electron chi connectivity index (χ0n) is 43.9. The molecule has 14 rings (SSSR count). The minimum Gasteiger partial charge on any atom is -0.309 e. The van der Waals surface area contributed by atoms with Gasteiger partial charge < -0.3 is 9.13 Å². The van der Waals surface area contributed by atoms with Gasteiger partial charge >= 0.3 is 0 Å². The molecule has 0 aliphatic carbocycles. The van der Waals surface area contributed by atoms with Crippen molar-refractivity contribution in [3.8, 4) is 90.0 Å². The number of fused-ring (bicyclic) bond motifs is 6. The Morgan fingerprint density at radius 1 is 0.231 bits per heavy atom. The molecule has 3 heterocycles. The van der Waals surface area contributed by atoms with Gasteiger partial charge in [0.2, 0.25) is 0 Å². The second-order valence-electron chi connectivity index (χ2n) is 20.6. The van der Waals surface area contributed by atoms with Crippen molar-refractivity contribution in [1.82, 2.24) is 24.1 Å². The van der Waals surface area contributed by atoms with Crippen molar-refractivity contribution in [2.45, 2.75) is 27.7 Å².